The van der Waals surface area contributed by atoms with Gasteiger partial charge in [0.05, 0.1) is 5.03 Å². The van der Waals surface area contributed by atoms with E-state index in [4.69, 9.17) is 23.2 Å². The van der Waals surface area contributed by atoms with Gasteiger partial charge < -0.3 is 4.74 Å². The van der Waals surface area contributed by atoms with Crippen LogP contribution in [0.15, 0.2) is 34.6 Å². The summed E-state index contributed by atoms with van der Waals surface area (Å²) in [5.41, 5.74) is 0.267. The van der Waals surface area contributed by atoms with E-state index in [1.165, 1.54) is 13.0 Å². The summed E-state index contributed by atoms with van der Waals surface area (Å²) < 4.78 is 4.65. The van der Waals surface area contributed by atoms with Crippen LogP contribution in [-0.4, -0.2) is 5.97 Å². The number of halogens is 2. The van der Waals surface area contributed by atoms with Gasteiger partial charge in [0.2, 0.25) is 5.22 Å². The van der Waals surface area contributed by atoms with Crippen LogP contribution in [0.25, 0.3) is 0 Å². The number of carbonyl (C=O) groups is 1. The highest BCUT2D eigenvalue weighted by Crippen LogP contribution is 2.17. The van der Waals surface area contributed by atoms with Crippen LogP contribution >= 0.6 is 23.2 Å². The van der Waals surface area contributed by atoms with Crippen molar-refractivity contribution in [1.82, 2.24) is 0 Å². The van der Waals surface area contributed by atoms with E-state index in [1.807, 2.05) is 0 Å². The molecule has 2 nitrogen and oxygen atoms in total. The first-order valence-electron chi connectivity index (χ1n) is 3.54. The first-order valence-corrected chi connectivity index (χ1v) is 4.30. The van der Waals surface area contributed by atoms with Crippen molar-refractivity contribution in [3.63, 3.8) is 0 Å². The monoisotopic (exact) mass is 220 g/mol. The predicted octanol–water partition coefficient (Wildman–Crippen LogP) is 3.33. The lowest BCUT2D eigenvalue weighted by Gasteiger charge is -2.01. The largest absolute Gasteiger partial charge is 0.409 e. The Morgan fingerprint density at radius 3 is 2.38 bits per heavy atom. The summed E-state index contributed by atoms with van der Waals surface area (Å²) in [7, 11) is 0. The molecular formula is C9H10Cl2O2. The van der Waals surface area contributed by atoms with Gasteiger partial charge >= 0.3 is 5.97 Å². The molecule has 0 aromatic rings. The van der Waals surface area contributed by atoms with Gasteiger partial charge in [0.25, 0.3) is 0 Å². The van der Waals surface area contributed by atoms with Gasteiger partial charge in [-0.1, -0.05) is 24.3 Å². The van der Waals surface area contributed by atoms with Gasteiger partial charge in [-0.15, -0.1) is 0 Å². The van der Waals surface area contributed by atoms with Crippen molar-refractivity contribution in [1.29, 1.82) is 0 Å². The zero-order valence-electron chi connectivity index (χ0n) is 7.43. The van der Waals surface area contributed by atoms with Gasteiger partial charge in [-0.05, 0) is 31.5 Å². The van der Waals surface area contributed by atoms with E-state index >= 15 is 0 Å². The highest BCUT2D eigenvalue weighted by atomic mass is 35.5. The second kappa shape index (κ2) is 5.84. The molecule has 0 unspecified atom stereocenters. The molecule has 0 heterocycles. The molecule has 0 atom stereocenters. The topological polar surface area (TPSA) is 26.3 Å². The quantitative estimate of drug-likeness (QED) is 0.316. The van der Waals surface area contributed by atoms with Crippen molar-refractivity contribution in [2.75, 3.05) is 0 Å². The van der Waals surface area contributed by atoms with Crippen LogP contribution in [0, 0.1) is 0 Å². The number of rotatable bonds is 3. The number of hydrogen-bond acceptors (Lipinski definition) is 2. The fourth-order valence-electron chi connectivity index (χ4n) is 0.429. The molecule has 0 aliphatic carbocycles. The fraction of sp³-hybridized carbons (Fsp3) is 0.222. The minimum atomic E-state index is -0.590. The van der Waals surface area contributed by atoms with Crippen LogP contribution in [0.2, 0.25) is 0 Å². The van der Waals surface area contributed by atoms with Crippen LogP contribution in [0.1, 0.15) is 13.8 Å². The lowest BCUT2D eigenvalue weighted by atomic mass is 10.4. The number of hydrogen-bond donors (Lipinski definition) is 0. The maximum atomic E-state index is 10.9. The van der Waals surface area contributed by atoms with E-state index in [9.17, 15) is 4.79 Å². The SMILES string of the molecule is C=C(C)C(=O)O/C(Cl)=C(Cl)\C=C\C. The maximum Gasteiger partial charge on any atom is 0.339 e. The summed E-state index contributed by atoms with van der Waals surface area (Å²) in [6.07, 6.45) is 3.20. The average Bonchev–Trinajstić information content (AvgIpc) is 2.04. The molecule has 0 saturated heterocycles. The summed E-state index contributed by atoms with van der Waals surface area (Å²) in [5.74, 6) is -0.590. The van der Waals surface area contributed by atoms with Crippen LogP contribution in [0.4, 0.5) is 0 Å². The van der Waals surface area contributed by atoms with E-state index < -0.39 is 5.97 Å². The number of allylic oxidation sites excluding steroid dienone is 3. The van der Waals surface area contributed by atoms with E-state index in [0.29, 0.717) is 0 Å². The van der Waals surface area contributed by atoms with Gasteiger partial charge in [0.15, 0.2) is 0 Å². The molecule has 0 rings (SSSR count). The van der Waals surface area contributed by atoms with E-state index in [2.05, 4.69) is 11.3 Å². The lowest BCUT2D eigenvalue weighted by molar-refractivity contribution is -0.134. The van der Waals surface area contributed by atoms with Gasteiger partial charge in [-0.2, -0.15) is 0 Å². The van der Waals surface area contributed by atoms with E-state index in [0.717, 1.165) is 0 Å². The molecule has 0 amide bonds. The summed E-state index contributed by atoms with van der Waals surface area (Å²) >= 11 is 11.2. The van der Waals surface area contributed by atoms with Gasteiger partial charge in [0, 0.05) is 5.57 Å². The zero-order valence-corrected chi connectivity index (χ0v) is 8.95. The highest BCUT2D eigenvalue weighted by Gasteiger charge is 2.08. The second-order valence-corrected chi connectivity index (χ2v) is 3.04. The molecule has 0 spiro atoms. The minimum Gasteiger partial charge on any atom is -0.409 e. The Balaban J connectivity index is 4.45. The molecule has 0 aromatic heterocycles. The van der Waals surface area contributed by atoms with Gasteiger partial charge in [0.1, 0.15) is 0 Å². The molecular weight excluding hydrogens is 211 g/mol. The molecule has 0 aliphatic rings. The summed E-state index contributed by atoms with van der Waals surface area (Å²) in [6, 6.07) is 0. The summed E-state index contributed by atoms with van der Waals surface area (Å²) in [4.78, 5) is 10.9. The van der Waals surface area contributed by atoms with Crippen molar-refractivity contribution in [2.45, 2.75) is 13.8 Å². The molecule has 13 heavy (non-hydrogen) atoms. The van der Waals surface area contributed by atoms with Crippen LogP contribution < -0.4 is 0 Å². The number of esters is 1. The van der Waals surface area contributed by atoms with Crippen molar-refractivity contribution in [3.05, 3.63) is 34.6 Å². The molecule has 72 valence electrons. The third kappa shape index (κ3) is 4.76. The molecule has 0 N–H and O–H groups in total. The Bertz CT molecular complexity index is 277. The van der Waals surface area contributed by atoms with Gasteiger partial charge in [-0.3, -0.25) is 0 Å². The Kier molecular flexibility index (Phi) is 5.51. The molecule has 0 aliphatic heterocycles. The number of ether oxygens (including phenoxy) is 1. The van der Waals surface area contributed by atoms with Crippen molar-refractivity contribution in [2.24, 2.45) is 0 Å². The Morgan fingerprint density at radius 1 is 1.46 bits per heavy atom. The molecule has 0 fully saturated rings. The second-order valence-electron chi connectivity index (χ2n) is 2.29. The minimum absolute atomic E-state index is 0.146. The standard InChI is InChI=1S/C9H10Cl2O2/c1-4-5-7(10)8(11)13-9(12)6(2)3/h4-5H,2H2,1,3H3/b5-4+,8-7+. The van der Waals surface area contributed by atoms with Crippen molar-refractivity contribution < 1.29 is 9.53 Å². The van der Waals surface area contributed by atoms with E-state index in [1.54, 1.807) is 13.0 Å². The Labute approximate surface area is 87.5 Å². The highest BCUT2D eigenvalue weighted by molar-refractivity contribution is 6.39. The molecule has 4 heteroatoms. The van der Waals surface area contributed by atoms with Gasteiger partial charge in [-0.25, -0.2) is 4.79 Å². The average molecular weight is 221 g/mol. The van der Waals surface area contributed by atoms with E-state index in [-0.39, 0.29) is 15.8 Å². The number of carbonyl (C=O) groups excluding carboxylic acids is 1. The van der Waals surface area contributed by atoms with Crippen molar-refractivity contribution in [3.8, 4) is 0 Å². The maximum absolute atomic E-state index is 10.9. The first kappa shape index (κ1) is 12.3. The van der Waals surface area contributed by atoms with Crippen LogP contribution in [0.5, 0.6) is 0 Å². The lowest BCUT2D eigenvalue weighted by Crippen LogP contribution is -2.02. The summed E-state index contributed by atoms with van der Waals surface area (Å²) in [6.45, 7) is 6.69. The normalized spacial score (nSPS) is 12.6. The van der Waals surface area contributed by atoms with Crippen molar-refractivity contribution >= 4 is 29.2 Å². The zero-order chi connectivity index (χ0) is 10.4. The fourth-order valence-corrected chi connectivity index (χ4v) is 0.727. The molecule has 0 saturated carbocycles. The Hall–Kier alpha value is -0.730. The molecule has 0 bridgehead atoms. The first-order chi connectivity index (χ1) is 5.99. The predicted molar refractivity (Wildman–Crippen MR) is 54.5 cm³/mol. The van der Waals surface area contributed by atoms with Crippen LogP contribution in [0.3, 0.4) is 0 Å². The molecule has 0 aromatic carbocycles. The van der Waals surface area contributed by atoms with Crippen LogP contribution in [-0.2, 0) is 9.53 Å². The Morgan fingerprint density at radius 2 is 2.00 bits per heavy atom. The smallest absolute Gasteiger partial charge is 0.339 e. The third-order valence-corrected chi connectivity index (χ3v) is 1.71. The summed E-state index contributed by atoms with van der Waals surface area (Å²) in [5, 5.41) is 0.0338. The molecule has 0 radical (unpaired) electrons. The third-order valence-electron chi connectivity index (χ3n) is 1.03.